The molecule has 17 heteroatoms. The quantitative estimate of drug-likeness (QED) is 0.106. The zero-order chi connectivity index (χ0) is 54.4. The smallest absolute Gasteiger partial charge is 0.329 e. The molecule has 2 saturated heterocycles. The van der Waals surface area contributed by atoms with Gasteiger partial charge in [0.25, 0.3) is 11.7 Å². The van der Waals surface area contributed by atoms with Gasteiger partial charge in [0.15, 0.2) is 0 Å². The summed E-state index contributed by atoms with van der Waals surface area (Å²) in [6.07, 6.45) is 10.6. The van der Waals surface area contributed by atoms with Crippen LogP contribution in [0.1, 0.15) is 132 Å². The first-order valence-corrected chi connectivity index (χ1v) is 26.5. The van der Waals surface area contributed by atoms with Gasteiger partial charge in [0.1, 0.15) is 35.2 Å². The monoisotopic (exact) mass is 1030 g/mol. The highest BCUT2D eigenvalue weighted by Crippen LogP contribution is 2.38. The van der Waals surface area contributed by atoms with E-state index in [1.165, 1.54) is 14.0 Å². The van der Waals surface area contributed by atoms with Gasteiger partial charge in [-0.2, -0.15) is 0 Å². The van der Waals surface area contributed by atoms with Crippen molar-refractivity contribution in [3.63, 3.8) is 0 Å². The van der Waals surface area contributed by atoms with Crippen molar-refractivity contribution >= 4 is 35.2 Å². The zero-order valence-corrected chi connectivity index (χ0v) is 45.0. The predicted molar refractivity (Wildman–Crippen MR) is 271 cm³/mol. The number of hydrogen-bond acceptors (Lipinski definition) is 16. The minimum Gasteiger partial charge on any atom is -0.460 e. The summed E-state index contributed by atoms with van der Waals surface area (Å²) in [5, 5.41) is 53.4. The van der Waals surface area contributed by atoms with Gasteiger partial charge in [-0.1, -0.05) is 71.1 Å². The molecule has 0 spiro atoms. The van der Waals surface area contributed by atoms with Crippen LogP contribution in [-0.2, 0) is 52.5 Å². The molecule has 3 aliphatic heterocycles. The first kappa shape index (κ1) is 61.6. The van der Waals surface area contributed by atoms with Crippen molar-refractivity contribution in [3.8, 4) is 0 Å². The summed E-state index contributed by atoms with van der Waals surface area (Å²) in [6.45, 7) is 12.0. The fraction of sp³-hybridized carbons (Fsp3) is 0.750. The molecule has 2 bridgehead atoms. The average Bonchev–Trinajstić information content (AvgIpc) is 3.37. The molecule has 1 amide bonds. The van der Waals surface area contributed by atoms with Crippen molar-refractivity contribution in [2.24, 2.45) is 46.8 Å². The minimum absolute atomic E-state index is 0.0330. The van der Waals surface area contributed by atoms with Gasteiger partial charge in [-0.3, -0.25) is 24.0 Å². The Morgan fingerprint density at radius 1 is 0.877 bits per heavy atom. The fourth-order valence-corrected chi connectivity index (χ4v) is 10.8. The highest BCUT2D eigenvalue weighted by Gasteiger charge is 2.53. The molecular weight excluding hydrogens is 943 g/mol. The lowest BCUT2D eigenvalue weighted by molar-refractivity contribution is -0.265. The van der Waals surface area contributed by atoms with Crippen LogP contribution in [-0.4, -0.2) is 155 Å². The fourth-order valence-electron chi connectivity index (χ4n) is 10.8. The summed E-state index contributed by atoms with van der Waals surface area (Å²) < 4.78 is 29.8. The van der Waals surface area contributed by atoms with Gasteiger partial charge in [-0.25, -0.2) is 4.79 Å². The molecule has 5 N–H and O–H groups in total. The van der Waals surface area contributed by atoms with E-state index in [2.05, 4.69) is 0 Å². The highest BCUT2D eigenvalue weighted by molar-refractivity contribution is 6.39. The number of carbonyl (C=O) groups excluding carboxylic acids is 6. The van der Waals surface area contributed by atoms with E-state index in [0.29, 0.717) is 63.4 Å². The number of fused-ring (bicyclic) bond motifs is 3. The summed E-state index contributed by atoms with van der Waals surface area (Å²) in [7, 11) is 3.06. The van der Waals surface area contributed by atoms with Gasteiger partial charge < -0.3 is 54.1 Å². The Kier molecular flexibility index (Phi) is 23.9. The van der Waals surface area contributed by atoms with E-state index < -0.39 is 127 Å². The zero-order valence-electron chi connectivity index (χ0n) is 45.0. The molecule has 3 heterocycles. The van der Waals surface area contributed by atoms with E-state index in [0.717, 1.165) is 10.5 Å². The largest absolute Gasteiger partial charge is 0.460 e. The van der Waals surface area contributed by atoms with Crippen LogP contribution >= 0.6 is 0 Å². The molecule has 17 nitrogen and oxygen atoms in total. The van der Waals surface area contributed by atoms with Gasteiger partial charge in [-0.05, 0) is 114 Å². The lowest BCUT2D eigenvalue weighted by atomic mass is 9.78. The van der Waals surface area contributed by atoms with Gasteiger partial charge in [-0.15, -0.1) is 0 Å². The lowest BCUT2D eigenvalue weighted by Crippen LogP contribution is -2.61. The standard InChI is InChI=1S/C56H87NO16/c1-33-16-12-11-13-17-34(2)46(69-9)28-41-21-19-39(7)56(68,73-41)51(64)52(65)57-23-15-14-18-43(57)53(66)71-47(29-44(61)35(3)25-38(6)50(63)42(30-58)49(62)37(5)24-33)36(4)26-40-20-22-45(48(27-40)70-10)72-54(67)55(8,31-59)32-60/h11-13,16-17,25,33,35-37,39-43,45-48,50,58-60,63,68H,14-15,18-24,26-32H2,1-10H3/b13-11?,16-12+,34-17?,38-25+. The number of piperidine rings is 1. The number of esters is 2. The summed E-state index contributed by atoms with van der Waals surface area (Å²) in [5.41, 5.74) is -0.327. The molecule has 3 fully saturated rings. The molecule has 4 aliphatic rings. The molecule has 73 heavy (non-hydrogen) atoms. The van der Waals surface area contributed by atoms with Crippen molar-refractivity contribution in [3.05, 3.63) is 47.6 Å². The average molecular weight is 1030 g/mol. The molecule has 0 aromatic rings. The molecule has 1 saturated carbocycles. The third-order valence-electron chi connectivity index (χ3n) is 16.0. The highest BCUT2D eigenvalue weighted by atomic mass is 16.6. The molecule has 412 valence electrons. The van der Waals surface area contributed by atoms with Crippen LogP contribution in [0.4, 0.5) is 0 Å². The Balaban J connectivity index is 1.69. The van der Waals surface area contributed by atoms with E-state index in [1.54, 1.807) is 40.9 Å². The second-order valence-electron chi connectivity index (χ2n) is 22.0. The molecule has 0 aromatic carbocycles. The summed E-state index contributed by atoms with van der Waals surface area (Å²) in [6, 6.07) is -1.21. The maximum atomic E-state index is 14.5. The first-order valence-electron chi connectivity index (χ1n) is 26.5. The number of amides is 1. The number of carbonyl (C=O) groups is 6. The second-order valence-corrected chi connectivity index (χ2v) is 22.0. The van der Waals surface area contributed by atoms with Crippen LogP contribution in [0.2, 0.25) is 0 Å². The van der Waals surface area contributed by atoms with Gasteiger partial charge in [0.05, 0.1) is 50.2 Å². The molecule has 15 unspecified atom stereocenters. The predicted octanol–water partition coefficient (Wildman–Crippen LogP) is 5.32. The number of allylic oxidation sites excluding steroid dienone is 6. The number of rotatable bonds is 10. The van der Waals surface area contributed by atoms with Crippen molar-refractivity contribution in [1.82, 2.24) is 4.90 Å². The van der Waals surface area contributed by atoms with Crippen LogP contribution in [0.25, 0.3) is 0 Å². The number of Topliss-reactive ketones (excluding diaryl/α,β-unsaturated/α-hetero) is 3. The van der Waals surface area contributed by atoms with Crippen molar-refractivity contribution in [2.75, 3.05) is 40.6 Å². The van der Waals surface area contributed by atoms with E-state index in [-0.39, 0.29) is 49.2 Å². The number of ketones is 3. The number of hydrogen-bond donors (Lipinski definition) is 5. The topological polar surface area (TPSA) is 253 Å². The Labute approximate surface area is 432 Å². The number of ether oxygens (including phenoxy) is 5. The Morgan fingerprint density at radius 2 is 1.58 bits per heavy atom. The van der Waals surface area contributed by atoms with E-state index in [9.17, 15) is 54.3 Å². The van der Waals surface area contributed by atoms with Crippen LogP contribution in [0.15, 0.2) is 47.6 Å². The molecule has 0 aromatic heterocycles. The van der Waals surface area contributed by atoms with E-state index in [1.807, 2.05) is 51.2 Å². The first-order chi connectivity index (χ1) is 34.5. The molecular formula is C56H87NO16. The number of nitrogens with zero attached hydrogens (tertiary/aromatic N) is 1. The number of aliphatic hydroxyl groups excluding tert-OH is 4. The summed E-state index contributed by atoms with van der Waals surface area (Å²) in [5.74, 6) is -10.7. The van der Waals surface area contributed by atoms with Gasteiger partial charge >= 0.3 is 11.9 Å². The minimum atomic E-state index is -2.47. The second kappa shape index (κ2) is 28.3. The molecule has 1 aliphatic carbocycles. The van der Waals surface area contributed by atoms with E-state index >= 15 is 0 Å². The SMILES string of the molecule is COC1CC2CCC(C)C(O)(O2)C(=O)C(=O)N2CCCCC2C(=O)OC(C(C)CC2CCC(OC(=O)C(C)(CO)CO)C(OC)C2)CC(=O)C(C)/C=C(\C)C(O)C(CO)C(=O)C(C)CC(C)/C=C/C=CC=C1C. The van der Waals surface area contributed by atoms with Crippen LogP contribution in [0.5, 0.6) is 0 Å². The molecule has 15 atom stereocenters. The van der Waals surface area contributed by atoms with Gasteiger partial charge in [0.2, 0.25) is 5.79 Å². The number of methoxy groups -OCH3 is 2. The van der Waals surface area contributed by atoms with Crippen molar-refractivity contribution in [2.45, 2.75) is 181 Å². The number of cyclic esters (lactones) is 1. The maximum Gasteiger partial charge on any atom is 0.329 e. The summed E-state index contributed by atoms with van der Waals surface area (Å²) >= 11 is 0. The van der Waals surface area contributed by atoms with Crippen molar-refractivity contribution < 1.29 is 78.0 Å². The van der Waals surface area contributed by atoms with Crippen LogP contribution in [0, 0.1) is 46.8 Å². The molecule has 0 radical (unpaired) electrons. The van der Waals surface area contributed by atoms with E-state index in [4.69, 9.17) is 23.7 Å². The lowest BCUT2D eigenvalue weighted by Gasteiger charge is -2.42. The van der Waals surface area contributed by atoms with Gasteiger partial charge in [0, 0.05) is 51.4 Å². The van der Waals surface area contributed by atoms with Crippen molar-refractivity contribution in [1.29, 1.82) is 0 Å². The Bertz CT molecular complexity index is 2010. The Hall–Kier alpha value is -3.94. The van der Waals surface area contributed by atoms with Crippen LogP contribution in [0.3, 0.4) is 0 Å². The third-order valence-corrected chi connectivity index (χ3v) is 16.0. The number of aliphatic hydroxyl groups is 5. The molecule has 4 rings (SSSR count). The summed E-state index contributed by atoms with van der Waals surface area (Å²) in [4.78, 5) is 85.3. The maximum absolute atomic E-state index is 14.5. The third kappa shape index (κ3) is 16.0. The normalized spacial score (nSPS) is 36.3. The Morgan fingerprint density at radius 3 is 2.22 bits per heavy atom. The van der Waals surface area contributed by atoms with Crippen LogP contribution < -0.4 is 0 Å².